The summed E-state index contributed by atoms with van der Waals surface area (Å²) >= 11 is 6.87. The molecule has 18 rings (SSSR count). The Bertz CT molecular complexity index is 7430. The quantitative estimate of drug-likeness (QED) is 0.0278. The predicted octanol–water partition coefficient (Wildman–Crippen LogP) is 29.5. The molecule has 10 heterocycles. The fraction of sp³-hybridized carbons (Fsp3) is 0.533. The van der Waals surface area contributed by atoms with E-state index in [1.165, 1.54) is 0 Å². The summed E-state index contributed by atoms with van der Waals surface area (Å²) in [6, 6.07) is 35.4. The number of hydrogen-bond acceptors (Lipinski definition) is 24. The lowest BCUT2D eigenvalue weighted by atomic mass is 10.0. The molecular formula is C120H161N16O9S4+. The lowest BCUT2D eigenvalue weighted by Gasteiger charge is -2.37. The first kappa shape index (κ1) is 108. The van der Waals surface area contributed by atoms with Gasteiger partial charge in [-0.15, -0.1) is 27.7 Å². The van der Waals surface area contributed by atoms with Gasteiger partial charge in [0.25, 0.3) is 16.9 Å². The van der Waals surface area contributed by atoms with Crippen LogP contribution in [0.3, 0.4) is 0 Å². The zero-order valence-corrected chi connectivity index (χ0v) is 96.3. The summed E-state index contributed by atoms with van der Waals surface area (Å²) in [4.78, 5) is 55.6. The smallest absolute Gasteiger partial charge is 0.287 e. The molecule has 29 heteroatoms. The molecule has 0 unspecified atom stereocenters. The highest BCUT2D eigenvalue weighted by Crippen LogP contribution is 2.65. The molecule has 149 heavy (non-hydrogen) atoms. The monoisotopic (exact) mass is 2100 g/mol. The van der Waals surface area contributed by atoms with Crippen molar-refractivity contribution in [3.05, 3.63) is 97.1 Å². The van der Waals surface area contributed by atoms with Crippen molar-refractivity contribution in [1.82, 2.24) is 63.2 Å². The van der Waals surface area contributed by atoms with Crippen LogP contribution in [0.2, 0.25) is 0 Å². The zero-order chi connectivity index (χ0) is 105. The average molecular weight is 2100 g/mol. The summed E-state index contributed by atoms with van der Waals surface area (Å²) in [6.07, 6.45) is 5.93. The Balaban J connectivity index is 1.18. The number of nitrogens with one attached hydrogen (secondary N) is 1. The molecule has 25 nitrogen and oxygen atoms in total. The van der Waals surface area contributed by atoms with Crippen molar-refractivity contribution in [3.63, 3.8) is 0 Å². The maximum absolute atomic E-state index is 8.61. The van der Waals surface area contributed by atoms with E-state index in [0.29, 0.717) is 214 Å². The normalized spacial score (nSPS) is 13.1. The Kier molecular flexibility index (Phi) is 35.0. The third-order valence-electron chi connectivity index (χ3n) is 29.6. The van der Waals surface area contributed by atoms with E-state index in [0.717, 1.165) is 213 Å². The molecule has 3 aliphatic heterocycles. The number of benzene rings is 8. The molecule has 0 atom stereocenters. The Morgan fingerprint density at radius 1 is 0.329 bits per heavy atom. The van der Waals surface area contributed by atoms with Crippen LogP contribution in [0.5, 0.6) is 46.0 Å². The van der Waals surface area contributed by atoms with E-state index in [9.17, 15) is 0 Å². The van der Waals surface area contributed by atoms with E-state index in [1.54, 1.807) is 46.2 Å². The van der Waals surface area contributed by atoms with Crippen molar-refractivity contribution in [2.45, 2.75) is 250 Å². The van der Waals surface area contributed by atoms with Crippen LogP contribution in [-0.2, 0) is 13.1 Å². The summed E-state index contributed by atoms with van der Waals surface area (Å²) in [6.45, 7) is 69.7. The van der Waals surface area contributed by atoms with E-state index in [4.69, 9.17) is 67.4 Å². The SMILES string of the molecule is CCN(CC)CCN1c2ccccc2Sc2c(OCCC(C)C)c3c(c(OCCC(C)C)c21)-c1nc-3nc2c3c(OCCC(C)C)c4sc5ccccc5n(CCN(CC)CC)c4c(OCCC(C)C)c3c3nc4c5c(OCCC(C)C)c6c(sc7ccccc7n6CCN(CC)CC)c(OCCC(C)C)c5c(nc5[nH]c(n1)c1c(OCCC(C)C)c6c(c(OCCC(C)C)c51)Sc1ccccc1N6CCN(CC)CC)[n+]4on23. The average Bonchev–Trinajstić information content (AvgIpc) is 1.53. The van der Waals surface area contributed by atoms with Gasteiger partial charge in [0.15, 0.2) is 46.1 Å². The van der Waals surface area contributed by atoms with Crippen LogP contribution >= 0.6 is 46.2 Å². The fourth-order valence-electron chi connectivity index (χ4n) is 20.5. The number of nitrogens with zero attached hydrogens (tertiary/aromatic N) is 15. The summed E-state index contributed by atoms with van der Waals surface area (Å²) < 4.78 is 85.2. The van der Waals surface area contributed by atoms with Crippen molar-refractivity contribution in [2.75, 3.05) is 154 Å². The van der Waals surface area contributed by atoms with Gasteiger partial charge in [-0.2, -0.15) is 9.61 Å². The van der Waals surface area contributed by atoms with Gasteiger partial charge in [0.2, 0.25) is 11.3 Å². The number of aromatic amines is 1. The molecule has 0 amide bonds. The molecule has 0 saturated carbocycles. The maximum Gasteiger partial charge on any atom is 0.287 e. The molecule has 0 aliphatic carbocycles. The van der Waals surface area contributed by atoms with Crippen LogP contribution < -0.4 is 52.3 Å². The zero-order valence-electron chi connectivity index (χ0n) is 93.0. The van der Waals surface area contributed by atoms with Crippen LogP contribution in [0.25, 0.3) is 130 Å². The number of anilines is 4. The lowest BCUT2D eigenvalue weighted by molar-refractivity contribution is -0.717. The number of aromatic nitrogens is 10. The van der Waals surface area contributed by atoms with E-state index < -0.39 is 0 Å². The third kappa shape index (κ3) is 22.2. The standard InChI is InChI=1S/C120H160N16O9S4/c1-25-127(26-2)57-61-131-81-41-33-37-45-85(81)146-109-97(131)101(137-65-49-73(9)10)89-91(105(109)141-69-53-77(17)18)115-122-113(89)121-114-90-92(106(142-70-54-78(19)20)110-98(102(90)138-66-50-74(11)12)132(62-58-128(27-3)28-4)82-42-34-38-46-86(82)147-110)116(123-114)125-118-96-94(104(140-68-52-76(15)16)100-112(108(96)144-72-56-80(23)24)149-88-48-40-36-44-84(88)134(100)64-60-130(31-7)32-8)120-126-119-93-95(117(124-115)135(119)145-136(118)120)107(143-71-55-79(21)22)111-99(103(93)139-67-51-75(13)14)133(63-59-129(29-5)30-6)83-43-35-39-47-87(83)148-111/h33-48,73-80H,25-32,49-72H2,1-24H3/p+1. The summed E-state index contributed by atoms with van der Waals surface area (Å²) in [7, 11) is 0. The summed E-state index contributed by atoms with van der Waals surface area (Å²) in [5.74, 6) is 7.73. The Labute approximate surface area is 897 Å². The first-order valence-electron chi connectivity index (χ1n) is 55.9. The predicted molar refractivity (Wildman–Crippen MR) is 621 cm³/mol. The number of fused-ring (bicyclic) bond motifs is 24. The number of para-hydroxylation sites is 4. The number of ether oxygens (including phenoxy) is 8. The molecule has 0 saturated heterocycles. The van der Waals surface area contributed by atoms with Crippen molar-refractivity contribution < 1.29 is 47.1 Å². The van der Waals surface area contributed by atoms with Gasteiger partial charge >= 0.3 is 0 Å². The van der Waals surface area contributed by atoms with Gasteiger partial charge < -0.3 is 81.4 Å². The van der Waals surface area contributed by atoms with Gasteiger partial charge in [0.1, 0.15) is 55.7 Å². The molecule has 8 aromatic carbocycles. The summed E-state index contributed by atoms with van der Waals surface area (Å²) in [5.41, 5.74) is 11.4. The van der Waals surface area contributed by atoms with Crippen molar-refractivity contribution in [1.29, 1.82) is 0 Å². The van der Waals surface area contributed by atoms with Gasteiger partial charge in [-0.05, 0) is 209 Å². The van der Waals surface area contributed by atoms with E-state index in [1.807, 2.05) is 9.15 Å². The number of H-pyrrole nitrogens is 1. The minimum atomic E-state index is 0.261. The third-order valence-corrected chi connectivity index (χ3v) is 34.2. The first-order chi connectivity index (χ1) is 72.2. The molecule has 0 radical (unpaired) electrons. The maximum atomic E-state index is 8.61. The Hall–Kier alpha value is -10.5. The molecule has 1 N–H and O–H groups in total. The molecule has 3 aliphatic rings. The van der Waals surface area contributed by atoms with Crippen molar-refractivity contribution in [3.8, 4) is 68.8 Å². The minimum absolute atomic E-state index is 0.261. The van der Waals surface area contributed by atoms with E-state index >= 15 is 0 Å². The molecule has 15 aromatic rings. The van der Waals surface area contributed by atoms with Gasteiger partial charge in [-0.1, -0.05) is 243 Å². The lowest BCUT2D eigenvalue weighted by Crippen LogP contribution is -2.34. The Morgan fingerprint density at radius 2 is 0.658 bits per heavy atom. The molecule has 6 bridgehead atoms. The second-order valence-corrected chi connectivity index (χ2v) is 47.8. The van der Waals surface area contributed by atoms with Crippen LogP contribution in [-0.4, -0.2) is 208 Å². The molecule has 7 aromatic heterocycles. The Morgan fingerprint density at radius 3 is 1.11 bits per heavy atom. The van der Waals surface area contributed by atoms with Crippen LogP contribution in [0.15, 0.2) is 121 Å². The number of likely N-dealkylation sites (N-methyl/N-ethyl adjacent to an activating group) is 4. The van der Waals surface area contributed by atoms with Crippen LogP contribution in [0.1, 0.15) is 218 Å². The van der Waals surface area contributed by atoms with E-state index in [2.05, 4.69) is 307 Å². The second kappa shape index (κ2) is 48.2. The van der Waals surface area contributed by atoms with Gasteiger partial charge in [0, 0.05) is 62.1 Å². The van der Waals surface area contributed by atoms with Crippen LogP contribution in [0.4, 0.5) is 22.7 Å². The molecule has 798 valence electrons. The highest BCUT2D eigenvalue weighted by Gasteiger charge is 2.45. The highest BCUT2D eigenvalue weighted by molar-refractivity contribution is 8.00. The molecule has 0 fully saturated rings. The largest absolute Gasteiger partial charge is 0.492 e. The first-order valence-corrected chi connectivity index (χ1v) is 59.2. The van der Waals surface area contributed by atoms with Crippen molar-refractivity contribution >= 4 is 176 Å². The summed E-state index contributed by atoms with van der Waals surface area (Å²) in [5, 5.41) is 3.86. The fourth-order valence-corrected chi connectivity index (χ4v) is 25.3. The van der Waals surface area contributed by atoms with Crippen molar-refractivity contribution in [2.24, 2.45) is 47.3 Å². The number of rotatable bonds is 52. The van der Waals surface area contributed by atoms with E-state index in [-0.39, 0.29) is 47.3 Å². The highest BCUT2D eigenvalue weighted by atomic mass is 32.2. The van der Waals surface area contributed by atoms with Gasteiger partial charge in [-0.25, -0.2) is 9.97 Å². The number of hydrogen-bond donors (Lipinski definition) is 1. The van der Waals surface area contributed by atoms with Gasteiger partial charge in [-0.3, -0.25) is 0 Å². The molecular weight excluding hydrogens is 1940 g/mol. The second-order valence-electron chi connectivity index (χ2n) is 43.6. The molecule has 0 spiro atoms. The van der Waals surface area contributed by atoms with Gasteiger partial charge in [0.05, 0.1) is 131 Å². The minimum Gasteiger partial charge on any atom is -0.492 e. The topological polar surface area (TPSA) is 205 Å². The van der Waals surface area contributed by atoms with Crippen LogP contribution in [0, 0.1) is 47.3 Å².